The van der Waals surface area contributed by atoms with Crippen molar-refractivity contribution in [2.75, 3.05) is 5.32 Å². The van der Waals surface area contributed by atoms with Gasteiger partial charge in [0.2, 0.25) is 0 Å². The molecule has 2 atom stereocenters. The molecule has 0 spiro atoms. The van der Waals surface area contributed by atoms with Gasteiger partial charge in [0.15, 0.2) is 5.65 Å². The third kappa shape index (κ3) is 3.03. The second-order valence-electron chi connectivity index (χ2n) is 6.78. The molecule has 3 aromatic rings. The van der Waals surface area contributed by atoms with E-state index in [9.17, 15) is 13.2 Å². The first kappa shape index (κ1) is 16.2. The number of fused-ring (bicyclic) bond motifs is 3. The second kappa shape index (κ2) is 5.89. The van der Waals surface area contributed by atoms with Gasteiger partial charge >= 0.3 is 6.18 Å². The standard InChI is InChI=1S/C18H19F3N4/c1-11-9-16-23-17(14-7-2-3-8-15(14)25(16)24-11)22-13-6-4-5-12(10-13)18(19,20)21/h2-3,7-9,12-13H,4-6,10H2,1H3,(H,22,23)/t12-,13+/m1/s1. The van der Waals surface area contributed by atoms with Crippen LogP contribution in [0.15, 0.2) is 30.3 Å². The molecule has 1 fully saturated rings. The van der Waals surface area contributed by atoms with E-state index in [2.05, 4.69) is 15.4 Å². The van der Waals surface area contributed by atoms with E-state index in [1.54, 1.807) is 4.52 Å². The number of hydrogen-bond acceptors (Lipinski definition) is 3. The number of aromatic nitrogens is 3. The number of benzene rings is 1. The third-order valence-electron chi connectivity index (χ3n) is 4.90. The highest BCUT2D eigenvalue weighted by Gasteiger charge is 2.42. The Balaban J connectivity index is 1.71. The lowest BCUT2D eigenvalue weighted by Crippen LogP contribution is -2.34. The molecule has 0 aliphatic heterocycles. The molecule has 1 N–H and O–H groups in total. The van der Waals surface area contributed by atoms with Crippen LogP contribution in [-0.2, 0) is 0 Å². The van der Waals surface area contributed by atoms with Crippen molar-refractivity contribution < 1.29 is 13.2 Å². The molecule has 1 aliphatic carbocycles. The van der Waals surface area contributed by atoms with Gasteiger partial charge in [-0.2, -0.15) is 18.3 Å². The van der Waals surface area contributed by atoms with Crippen molar-refractivity contribution in [2.45, 2.75) is 44.8 Å². The monoisotopic (exact) mass is 348 g/mol. The maximum atomic E-state index is 13.1. The fraction of sp³-hybridized carbons (Fsp3) is 0.444. The first-order valence-corrected chi connectivity index (χ1v) is 8.50. The summed E-state index contributed by atoms with van der Waals surface area (Å²) in [5.74, 6) is -0.596. The minimum Gasteiger partial charge on any atom is -0.367 e. The van der Waals surface area contributed by atoms with Gasteiger partial charge in [-0.3, -0.25) is 0 Å². The summed E-state index contributed by atoms with van der Waals surface area (Å²) in [4.78, 5) is 4.61. The Labute approximate surface area is 143 Å². The first-order valence-electron chi connectivity index (χ1n) is 8.50. The van der Waals surface area contributed by atoms with Crippen LogP contribution < -0.4 is 5.32 Å². The van der Waals surface area contributed by atoms with E-state index in [0.29, 0.717) is 17.9 Å². The van der Waals surface area contributed by atoms with Crippen molar-refractivity contribution in [1.29, 1.82) is 0 Å². The van der Waals surface area contributed by atoms with Crippen LogP contribution in [0.2, 0.25) is 0 Å². The van der Waals surface area contributed by atoms with Crippen LogP contribution in [0.4, 0.5) is 19.0 Å². The highest BCUT2D eigenvalue weighted by atomic mass is 19.4. The van der Waals surface area contributed by atoms with Gasteiger partial charge in [0.1, 0.15) is 5.82 Å². The predicted molar refractivity (Wildman–Crippen MR) is 90.7 cm³/mol. The number of anilines is 1. The van der Waals surface area contributed by atoms with E-state index < -0.39 is 12.1 Å². The van der Waals surface area contributed by atoms with Crippen molar-refractivity contribution in [3.63, 3.8) is 0 Å². The Bertz CT molecular complexity index is 916. The Hall–Kier alpha value is -2.31. The van der Waals surface area contributed by atoms with Gasteiger partial charge in [-0.15, -0.1) is 0 Å². The molecule has 1 aromatic carbocycles. The average molecular weight is 348 g/mol. The van der Waals surface area contributed by atoms with Crippen molar-refractivity contribution in [2.24, 2.45) is 5.92 Å². The number of nitrogens with one attached hydrogen (secondary N) is 1. The van der Waals surface area contributed by atoms with E-state index in [0.717, 1.165) is 23.0 Å². The summed E-state index contributed by atoms with van der Waals surface area (Å²) < 4.78 is 41.0. The molecule has 0 amide bonds. The molecule has 4 nitrogen and oxygen atoms in total. The molecule has 1 saturated carbocycles. The number of hydrogen-bond donors (Lipinski definition) is 1. The van der Waals surface area contributed by atoms with Crippen LogP contribution in [-0.4, -0.2) is 26.8 Å². The van der Waals surface area contributed by atoms with Gasteiger partial charge in [0.05, 0.1) is 17.1 Å². The Morgan fingerprint density at radius 3 is 2.80 bits per heavy atom. The lowest BCUT2D eigenvalue weighted by atomic mass is 9.85. The van der Waals surface area contributed by atoms with Crippen molar-refractivity contribution in [3.8, 4) is 0 Å². The van der Waals surface area contributed by atoms with Gasteiger partial charge in [-0.05, 0) is 38.3 Å². The molecule has 0 radical (unpaired) electrons. The summed E-state index contributed by atoms with van der Waals surface area (Å²) in [7, 11) is 0. The molecule has 7 heteroatoms. The van der Waals surface area contributed by atoms with Gasteiger partial charge < -0.3 is 5.32 Å². The normalized spacial score (nSPS) is 21.8. The number of halogens is 3. The van der Waals surface area contributed by atoms with Gasteiger partial charge in [-0.25, -0.2) is 9.50 Å². The average Bonchev–Trinajstić information content (AvgIpc) is 2.95. The summed E-state index contributed by atoms with van der Waals surface area (Å²) in [6, 6.07) is 9.34. The molecular weight excluding hydrogens is 329 g/mol. The van der Waals surface area contributed by atoms with E-state index >= 15 is 0 Å². The van der Waals surface area contributed by atoms with E-state index in [1.165, 1.54) is 0 Å². The number of nitrogens with zero attached hydrogens (tertiary/aromatic N) is 3. The largest absolute Gasteiger partial charge is 0.391 e. The Kier molecular flexibility index (Phi) is 3.81. The highest BCUT2D eigenvalue weighted by molar-refractivity contribution is 5.91. The fourth-order valence-electron chi connectivity index (χ4n) is 3.70. The molecule has 0 saturated heterocycles. The van der Waals surface area contributed by atoms with Crippen LogP contribution in [0, 0.1) is 12.8 Å². The van der Waals surface area contributed by atoms with Gasteiger partial charge in [-0.1, -0.05) is 18.6 Å². The minimum absolute atomic E-state index is 0.100. The molecule has 4 rings (SSSR count). The molecule has 0 unspecified atom stereocenters. The SMILES string of the molecule is Cc1cc2nc(N[C@H]3CCC[C@@H](C(F)(F)F)C3)c3ccccc3n2n1. The zero-order chi connectivity index (χ0) is 17.6. The lowest BCUT2D eigenvalue weighted by Gasteiger charge is -2.31. The molecule has 2 aromatic heterocycles. The molecule has 0 bridgehead atoms. The lowest BCUT2D eigenvalue weighted by molar-refractivity contribution is -0.182. The van der Waals surface area contributed by atoms with Crippen LogP contribution in [0.1, 0.15) is 31.4 Å². The highest BCUT2D eigenvalue weighted by Crippen LogP contribution is 2.38. The summed E-state index contributed by atoms with van der Waals surface area (Å²) in [5, 5.41) is 8.59. The third-order valence-corrected chi connectivity index (χ3v) is 4.90. The number of aryl methyl sites for hydroxylation is 1. The van der Waals surface area contributed by atoms with E-state index in [1.807, 2.05) is 37.3 Å². The topological polar surface area (TPSA) is 42.2 Å². The van der Waals surface area contributed by atoms with Crippen molar-refractivity contribution in [1.82, 2.24) is 14.6 Å². The van der Waals surface area contributed by atoms with Crippen LogP contribution in [0.5, 0.6) is 0 Å². The zero-order valence-electron chi connectivity index (χ0n) is 13.8. The van der Waals surface area contributed by atoms with Crippen LogP contribution in [0.3, 0.4) is 0 Å². The van der Waals surface area contributed by atoms with E-state index in [4.69, 9.17) is 0 Å². The van der Waals surface area contributed by atoms with Gasteiger partial charge in [0.25, 0.3) is 0 Å². The molecule has 25 heavy (non-hydrogen) atoms. The minimum atomic E-state index is -4.12. The maximum Gasteiger partial charge on any atom is 0.391 e. The number of para-hydroxylation sites is 1. The summed E-state index contributed by atoms with van der Waals surface area (Å²) in [6.45, 7) is 1.89. The molecule has 2 heterocycles. The Morgan fingerprint density at radius 2 is 2.00 bits per heavy atom. The fourth-order valence-corrected chi connectivity index (χ4v) is 3.70. The van der Waals surface area contributed by atoms with E-state index in [-0.39, 0.29) is 18.9 Å². The number of rotatable bonds is 2. The van der Waals surface area contributed by atoms with Crippen molar-refractivity contribution >= 4 is 22.4 Å². The summed E-state index contributed by atoms with van der Waals surface area (Å²) in [5.41, 5.74) is 2.44. The predicted octanol–water partition coefficient (Wildman–Crippen LogP) is 4.72. The quantitative estimate of drug-likeness (QED) is 0.728. The maximum absolute atomic E-state index is 13.1. The first-order chi connectivity index (χ1) is 11.9. The zero-order valence-corrected chi connectivity index (χ0v) is 13.8. The number of alkyl halides is 3. The van der Waals surface area contributed by atoms with Crippen LogP contribution >= 0.6 is 0 Å². The summed E-state index contributed by atoms with van der Waals surface area (Å²) >= 11 is 0. The smallest absolute Gasteiger partial charge is 0.367 e. The molecule has 1 aliphatic rings. The van der Waals surface area contributed by atoms with Crippen LogP contribution in [0.25, 0.3) is 16.6 Å². The Morgan fingerprint density at radius 1 is 1.20 bits per heavy atom. The molecule has 132 valence electrons. The second-order valence-corrected chi connectivity index (χ2v) is 6.78. The summed E-state index contributed by atoms with van der Waals surface area (Å²) in [6.07, 6.45) is -2.50. The molecular formula is C18H19F3N4. The van der Waals surface area contributed by atoms with Gasteiger partial charge in [0, 0.05) is 17.5 Å². The van der Waals surface area contributed by atoms with Crippen molar-refractivity contribution in [3.05, 3.63) is 36.0 Å².